The summed E-state index contributed by atoms with van der Waals surface area (Å²) in [7, 11) is 0. The fraction of sp³-hybridized carbons (Fsp3) is 0.600. The van der Waals surface area contributed by atoms with Crippen LogP contribution < -0.4 is 10.1 Å². The van der Waals surface area contributed by atoms with E-state index in [0.717, 1.165) is 24.8 Å². The van der Waals surface area contributed by atoms with Gasteiger partial charge in [-0.1, -0.05) is 6.07 Å². The first-order valence-electron chi connectivity index (χ1n) is 6.99. The number of thioether (sulfide) groups is 1. The van der Waals surface area contributed by atoms with Gasteiger partial charge in [-0.2, -0.15) is 11.8 Å². The van der Waals surface area contributed by atoms with Crippen LogP contribution >= 0.6 is 11.8 Å². The second-order valence-electron chi connectivity index (χ2n) is 5.22. The minimum absolute atomic E-state index is 0.759. The van der Waals surface area contributed by atoms with E-state index in [1.54, 1.807) is 0 Å². The molecule has 0 aliphatic carbocycles. The van der Waals surface area contributed by atoms with E-state index in [1.807, 2.05) is 0 Å². The first-order valence-corrected chi connectivity index (χ1v) is 8.14. The van der Waals surface area contributed by atoms with E-state index in [9.17, 15) is 0 Å². The number of nitrogens with one attached hydrogen (secondary N) is 1. The second kappa shape index (κ2) is 5.87. The molecule has 3 rings (SSSR count). The van der Waals surface area contributed by atoms with Crippen molar-refractivity contribution >= 4 is 17.4 Å². The van der Waals surface area contributed by atoms with Crippen LogP contribution in [0.1, 0.15) is 24.8 Å². The van der Waals surface area contributed by atoms with Crippen molar-refractivity contribution in [2.24, 2.45) is 5.92 Å². The van der Waals surface area contributed by atoms with Gasteiger partial charge >= 0.3 is 0 Å². The van der Waals surface area contributed by atoms with Gasteiger partial charge in [-0.25, -0.2) is 0 Å². The largest absolute Gasteiger partial charge is 0.493 e. The summed E-state index contributed by atoms with van der Waals surface area (Å²) in [5.74, 6) is 4.40. The molecule has 1 aromatic carbocycles. The number of fused-ring (bicyclic) bond motifs is 1. The lowest BCUT2D eigenvalue weighted by atomic mass is 10.0. The zero-order valence-electron chi connectivity index (χ0n) is 10.8. The maximum absolute atomic E-state index is 5.96. The average Bonchev–Trinajstić information content (AvgIpc) is 2.46. The number of hydrogen-bond acceptors (Lipinski definition) is 3. The minimum atomic E-state index is 0.759. The van der Waals surface area contributed by atoms with E-state index >= 15 is 0 Å². The van der Waals surface area contributed by atoms with Crippen molar-refractivity contribution in [2.45, 2.75) is 25.7 Å². The summed E-state index contributed by atoms with van der Waals surface area (Å²) in [6.45, 7) is 1.98. The van der Waals surface area contributed by atoms with Crippen molar-refractivity contribution in [3.63, 3.8) is 0 Å². The van der Waals surface area contributed by atoms with Gasteiger partial charge < -0.3 is 10.1 Å². The number of hydrogen-bond donors (Lipinski definition) is 1. The van der Waals surface area contributed by atoms with Crippen molar-refractivity contribution in [1.82, 2.24) is 0 Å². The van der Waals surface area contributed by atoms with Crippen LogP contribution in [0.4, 0.5) is 5.69 Å². The molecule has 1 saturated heterocycles. The van der Waals surface area contributed by atoms with E-state index in [4.69, 9.17) is 4.74 Å². The molecule has 0 atom stereocenters. The van der Waals surface area contributed by atoms with Crippen LogP contribution in [0.3, 0.4) is 0 Å². The standard InChI is InChI=1S/C15H21NOS/c1-2-13-3-4-14(10-15(13)16-7-1)17-11-12-5-8-18-9-6-12/h3-4,10,12,16H,1-2,5-9,11H2. The highest BCUT2D eigenvalue weighted by Crippen LogP contribution is 2.28. The van der Waals surface area contributed by atoms with Crippen molar-refractivity contribution in [2.75, 3.05) is 30.0 Å². The predicted octanol–water partition coefficient (Wildman–Crippen LogP) is 3.57. The first kappa shape index (κ1) is 12.2. The summed E-state index contributed by atoms with van der Waals surface area (Å²) in [6, 6.07) is 6.52. The monoisotopic (exact) mass is 263 g/mol. The maximum Gasteiger partial charge on any atom is 0.121 e. The van der Waals surface area contributed by atoms with Gasteiger partial charge in [-0.15, -0.1) is 0 Å². The fourth-order valence-corrected chi connectivity index (χ4v) is 3.86. The highest BCUT2D eigenvalue weighted by molar-refractivity contribution is 7.99. The van der Waals surface area contributed by atoms with Gasteiger partial charge in [0.2, 0.25) is 0 Å². The molecule has 0 aromatic heterocycles. The molecule has 0 spiro atoms. The van der Waals surface area contributed by atoms with Crippen LogP contribution in [0.2, 0.25) is 0 Å². The summed E-state index contributed by atoms with van der Waals surface area (Å²) < 4.78 is 5.96. The van der Waals surface area contributed by atoms with Gasteiger partial charge in [0.1, 0.15) is 5.75 Å². The van der Waals surface area contributed by atoms with E-state index in [2.05, 4.69) is 35.3 Å². The van der Waals surface area contributed by atoms with Gasteiger partial charge in [-0.3, -0.25) is 0 Å². The van der Waals surface area contributed by atoms with Crippen molar-refractivity contribution in [1.29, 1.82) is 0 Å². The summed E-state index contributed by atoms with van der Waals surface area (Å²) in [5, 5.41) is 3.46. The number of benzene rings is 1. The van der Waals surface area contributed by atoms with Crippen LogP contribution in [0, 0.1) is 5.92 Å². The van der Waals surface area contributed by atoms with E-state index in [-0.39, 0.29) is 0 Å². The molecule has 0 saturated carbocycles. The fourth-order valence-electron chi connectivity index (χ4n) is 2.66. The quantitative estimate of drug-likeness (QED) is 0.901. The van der Waals surface area contributed by atoms with Gasteiger partial charge in [0.15, 0.2) is 0 Å². The van der Waals surface area contributed by atoms with Gasteiger partial charge in [0.05, 0.1) is 6.61 Å². The van der Waals surface area contributed by atoms with Crippen LogP contribution in [0.25, 0.3) is 0 Å². The summed E-state index contributed by atoms with van der Waals surface area (Å²) >= 11 is 2.07. The van der Waals surface area contributed by atoms with Gasteiger partial charge in [0.25, 0.3) is 0 Å². The Morgan fingerprint density at radius 1 is 1.28 bits per heavy atom. The molecular weight excluding hydrogens is 242 g/mol. The molecule has 1 fully saturated rings. The lowest BCUT2D eigenvalue weighted by Gasteiger charge is -2.22. The third-order valence-electron chi connectivity index (χ3n) is 3.85. The molecule has 2 aliphatic heterocycles. The van der Waals surface area contributed by atoms with Crippen LogP contribution in [0.5, 0.6) is 5.75 Å². The Balaban J connectivity index is 1.58. The van der Waals surface area contributed by atoms with Crippen molar-refractivity contribution in [3.05, 3.63) is 23.8 Å². The Bertz CT molecular complexity index is 401. The number of anilines is 1. The predicted molar refractivity (Wildman–Crippen MR) is 78.8 cm³/mol. The third kappa shape index (κ3) is 2.94. The average molecular weight is 263 g/mol. The molecule has 3 heteroatoms. The molecule has 2 heterocycles. The molecule has 18 heavy (non-hydrogen) atoms. The molecule has 1 N–H and O–H groups in total. The van der Waals surface area contributed by atoms with Crippen LogP contribution in [0.15, 0.2) is 18.2 Å². The number of rotatable bonds is 3. The first-order chi connectivity index (χ1) is 8.92. The van der Waals surface area contributed by atoms with Crippen LogP contribution in [-0.2, 0) is 6.42 Å². The normalized spacial score (nSPS) is 20.0. The van der Waals surface area contributed by atoms with Gasteiger partial charge in [0, 0.05) is 18.3 Å². The van der Waals surface area contributed by atoms with Crippen molar-refractivity contribution < 1.29 is 4.74 Å². The molecule has 2 nitrogen and oxygen atoms in total. The highest BCUT2D eigenvalue weighted by Gasteiger charge is 2.15. The molecular formula is C15H21NOS. The third-order valence-corrected chi connectivity index (χ3v) is 4.90. The molecule has 2 aliphatic rings. The summed E-state index contributed by atoms with van der Waals surface area (Å²) in [4.78, 5) is 0. The smallest absolute Gasteiger partial charge is 0.121 e. The number of aryl methyl sites for hydroxylation is 1. The summed E-state index contributed by atoms with van der Waals surface area (Å²) in [5.41, 5.74) is 2.71. The van der Waals surface area contributed by atoms with E-state index in [1.165, 1.54) is 48.4 Å². The molecule has 0 amide bonds. The number of ether oxygens (including phenoxy) is 1. The Labute approximate surface area is 113 Å². The molecule has 0 bridgehead atoms. The lowest BCUT2D eigenvalue weighted by Crippen LogP contribution is -2.18. The Morgan fingerprint density at radius 2 is 2.17 bits per heavy atom. The SMILES string of the molecule is c1cc2c(cc1OCC1CCSCC1)NCCC2. The topological polar surface area (TPSA) is 21.3 Å². The van der Waals surface area contributed by atoms with E-state index < -0.39 is 0 Å². The molecule has 0 unspecified atom stereocenters. The van der Waals surface area contributed by atoms with Gasteiger partial charge in [-0.05, 0) is 54.7 Å². The zero-order chi connectivity index (χ0) is 12.2. The Morgan fingerprint density at radius 3 is 3.06 bits per heavy atom. The maximum atomic E-state index is 5.96. The lowest BCUT2D eigenvalue weighted by molar-refractivity contribution is 0.240. The summed E-state index contributed by atoms with van der Waals surface area (Å²) in [6.07, 6.45) is 5.07. The Hall–Kier alpha value is -0.830. The van der Waals surface area contributed by atoms with E-state index in [0.29, 0.717) is 0 Å². The zero-order valence-corrected chi connectivity index (χ0v) is 11.6. The molecule has 0 radical (unpaired) electrons. The van der Waals surface area contributed by atoms with Crippen molar-refractivity contribution in [3.8, 4) is 5.75 Å². The minimum Gasteiger partial charge on any atom is -0.493 e. The highest BCUT2D eigenvalue weighted by atomic mass is 32.2. The molecule has 1 aromatic rings. The second-order valence-corrected chi connectivity index (χ2v) is 6.44. The Kier molecular flexibility index (Phi) is 3.99. The molecule has 98 valence electrons. The van der Waals surface area contributed by atoms with Crippen LogP contribution in [-0.4, -0.2) is 24.7 Å².